The van der Waals surface area contributed by atoms with Gasteiger partial charge in [0.1, 0.15) is 17.3 Å². The molecule has 2 N–H and O–H groups in total. The highest BCUT2D eigenvalue weighted by molar-refractivity contribution is 7.13. The standard InChI is InChI=1S/C11H16N6OS/c1-18-6-9-14-15-11(19-9)17-10(7-3-2-4-7)8(5-12)13-16-17/h7H,2-6,12H2,1H3. The van der Waals surface area contributed by atoms with Crippen molar-refractivity contribution in [3.63, 3.8) is 0 Å². The zero-order valence-corrected chi connectivity index (χ0v) is 11.6. The molecular formula is C11H16N6OS. The molecule has 0 bridgehead atoms. The zero-order chi connectivity index (χ0) is 13.2. The molecule has 2 heterocycles. The lowest BCUT2D eigenvalue weighted by Crippen LogP contribution is -2.17. The summed E-state index contributed by atoms with van der Waals surface area (Å²) in [4.78, 5) is 0. The lowest BCUT2D eigenvalue weighted by molar-refractivity contribution is 0.184. The van der Waals surface area contributed by atoms with Gasteiger partial charge in [-0.05, 0) is 12.8 Å². The highest BCUT2D eigenvalue weighted by Crippen LogP contribution is 2.38. The van der Waals surface area contributed by atoms with Gasteiger partial charge in [0.25, 0.3) is 0 Å². The minimum Gasteiger partial charge on any atom is -0.377 e. The van der Waals surface area contributed by atoms with E-state index in [9.17, 15) is 0 Å². The van der Waals surface area contributed by atoms with Crippen LogP contribution in [0.15, 0.2) is 0 Å². The minimum atomic E-state index is 0.412. The zero-order valence-electron chi connectivity index (χ0n) is 10.7. The van der Waals surface area contributed by atoms with E-state index in [0.717, 1.165) is 21.5 Å². The summed E-state index contributed by atoms with van der Waals surface area (Å²) in [6.07, 6.45) is 3.60. The molecule has 7 nitrogen and oxygen atoms in total. The second kappa shape index (κ2) is 5.32. The van der Waals surface area contributed by atoms with E-state index in [4.69, 9.17) is 10.5 Å². The van der Waals surface area contributed by atoms with Crippen LogP contribution in [-0.2, 0) is 17.9 Å². The Bertz CT molecular complexity index is 561. The molecule has 2 aromatic heterocycles. The third-order valence-electron chi connectivity index (χ3n) is 3.37. The van der Waals surface area contributed by atoms with E-state index < -0.39 is 0 Å². The van der Waals surface area contributed by atoms with Gasteiger partial charge in [0.15, 0.2) is 0 Å². The first-order valence-corrected chi connectivity index (χ1v) is 7.11. The number of nitrogens with zero attached hydrogens (tertiary/aromatic N) is 5. The Labute approximate surface area is 114 Å². The molecule has 3 rings (SSSR count). The first-order chi connectivity index (χ1) is 9.33. The van der Waals surface area contributed by atoms with Gasteiger partial charge in [0.05, 0.1) is 5.69 Å². The molecule has 0 spiro atoms. The van der Waals surface area contributed by atoms with Crippen molar-refractivity contribution >= 4 is 11.3 Å². The molecule has 1 aliphatic carbocycles. The summed E-state index contributed by atoms with van der Waals surface area (Å²) >= 11 is 1.47. The Balaban J connectivity index is 1.96. The number of rotatable bonds is 5. The fraction of sp³-hybridized carbons (Fsp3) is 0.636. The predicted molar refractivity (Wildman–Crippen MR) is 70.0 cm³/mol. The highest BCUT2D eigenvalue weighted by Gasteiger charge is 2.28. The van der Waals surface area contributed by atoms with Gasteiger partial charge in [-0.15, -0.1) is 15.3 Å². The van der Waals surface area contributed by atoms with E-state index >= 15 is 0 Å². The van der Waals surface area contributed by atoms with Crippen LogP contribution in [0.3, 0.4) is 0 Å². The summed E-state index contributed by atoms with van der Waals surface area (Å²) in [6.45, 7) is 0.879. The molecule has 102 valence electrons. The average Bonchev–Trinajstić information content (AvgIpc) is 2.94. The van der Waals surface area contributed by atoms with Gasteiger partial charge in [0, 0.05) is 19.6 Å². The van der Waals surface area contributed by atoms with Crippen LogP contribution in [0.25, 0.3) is 5.13 Å². The molecule has 0 aromatic carbocycles. The van der Waals surface area contributed by atoms with Crippen molar-refractivity contribution in [2.45, 2.75) is 38.3 Å². The molecule has 0 saturated heterocycles. The second-order valence-electron chi connectivity index (χ2n) is 4.58. The molecule has 1 saturated carbocycles. The molecule has 0 aliphatic heterocycles. The van der Waals surface area contributed by atoms with Gasteiger partial charge in [-0.25, -0.2) is 0 Å². The van der Waals surface area contributed by atoms with Crippen molar-refractivity contribution in [2.75, 3.05) is 7.11 Å². The highest BCUT2D eigenvalue weighted by atomic mass is 32.1. The van der Waals surface area contributed by atoms with E-state index in [1.54, 1.807) is 11.8 Å². The Hall–Kier alpha value is -1.38. The van der Waals surface area contributed by atoms with E-state index in [1.165, 1.54) is 30.6 Å². The van der Waals surface area contributed by atoms with Gasteiger partial charge in [-0.3, -0.25) is 0 Å². The van der Waals surface area contributed by atoms with Crippen LogP contribution in [0.2, 0.25) is 0 Å². The lowest BCUT2D eigenvalue weighted by Gasteiger charge is -2.25. The van der Waals surface area contributed by atoms with Crippen molar-refractivity contribution in [3.05, 3.63) is 16.4 Å². The van der Waals surface area contributed by atoms with Crippen LogP contribution in [0, 0.1) is 0 Å². The maximum Gasteiger partial charge on any atom is 0.234 e. The van der Waals surface area contributed by atoms with Crippen molar-refractivity contribution in [2.24, 2.45) is 5.73 Å². The first-order valence-electron chi connectivity index (χ1n) is 6.29. The monoisotopic (exact) mass is 280 g/mol. The first kappa shape index (κ1) is 12.6. The Kier molecular flexibility index (Phi) is 3.54. The molecule has 0 radical (unpaired) electrons. The fourth-order valence-electron chi connectivity index (χ4n) is 2.21. The summed E-state index contributed by atoms with van der Waals surface area (Å²) in [5.74, 6) is 0.503. The van der Waals surface area contributed by atoms with Gasteiger partial charge in [-0.2, -0.15) is 4.68 Å². The Morgan fingerprint density at radius 2 is 2.21 bits per heavy atom. The maximum absolute atomic E-state index is 5.74. The van der Waals surface area contributed by atoms with Gasteiger partial charge in [-0.1, -0.05) is 23.0 Å². The van der Waals surface area contributed by atoms with Gasteiger partial charge in [0.2, 0.25) is 5.13 Å². The molecule has 1 aliphatic rings. The molecule has 0 atom stereocenters. The van der Waals surface area contributed by atoms with E-state index in [0.29, 0.717) is 19.1 Å². The van der Waals surface area contributed by atoms with Crippen LogP contribution in [0.5, 0.6) is 0 Å². The fourth-order valence-corrected chi connectivity index (χ4v) is 2.98. The van der Waals surface area contributed by atoms with Gasteiger partial charge >= 0.3 is 0 Å². The third kappa shape index (κ3) is 2.26. The largest absolute Gasteiger partial charge is 0.377 e. The number of nitrogens with two attached hydrogens (primary N) is 1. The molecule has 0 amide bonds. The number of methoxy groups -OCH3 is 1. The summed E-state index contributed by atoms with van der Waals surface area (Å²) in [7, 11) is 1.64. The molecule has 2 aromatic rings. The van der Waals surface area contributed by atoms with Crippen molar-refractivity contribution in [1.29, 1.82) is 0 Å². The number of hydrogen-bond donors (Lipinski definition) is 1. The Morgan fingerprint density at radius 1 is 1.37 bits per heavy atom. The molecule has 19 heavy (non-hydrogen) atoms. The van der Waals surface area contributed by atoms with E-state index in [1.807, 2.05) is 0 Å². The van der Waals surface area contributed by atoms with Crippen LogP contribution >= 0.6 is 11.3 Å². The summed E-state index contributed by atoms with van der Waals surface area (Å²) < 4.78 is 6.85. The number of aromatic nitrogens is 5. The maximum atomic E-state index is 5.74. The van der Waals surface area contributed by atoms with Gasteiger partial charge < -0.3 is 10.5 Å². The van der Waals surface area contributed by atoms with Crippen LogP contribution in [0.4, 0.5) is 0 Å². The summed E-state index contributed by atoms with van der Waals surface area (Å²) in [5, 5.41) is 18.2. The lowest BCUT2D eigenvalue weighted by atomic mass is 9.82. The second-order valence-corrected chi connectivity index (χ2v) is 5.62. The molecule has 1 fully saturated rings. The topological polar surface area (TPSA) is 91.7 Å². The predicted octanol–water partition coefficient (Wildman–Crippen LogP) is 0.991. The number of ether oxygens (including phenoxy) is 1. The SMILES string of the molecule is COCc1nnc(-n2nnc(CN)c2C2CCC2)s1. The normalized spacial score (nSPS) is 15.7. The molecule has 0 unspecified atom stereocenters. The summed E-state index contributed by atoms with van der Waals surface area (Å²) in [6, 6.07) is 0. The van der Waals surface area contributed by atoms with Crippen LogP contribution in [0.1, 0.15) is 41.6 Å². The van der Waals surface area contributed by atoms with Crippen molar-refractivity contribution in [1.82, 2.24) is 25.2 Å². The van der Waals surface area contributed by atoms with Crippen LogP contribution in [-0.4, -0.2) is 32.3 Å². The molecule has 8 heteroatoms. The minimum absolute atomic E-state index is 0.412. The van der Waals surface area contributed by atoms with E-state index in [2.05, 4.69) is 20.5 Å². The summed E-state index contributed by atoms with van der Waals surface area (Å²) in [5.41, 5.74) is 7.72. The Morgan fingerprint density at radius 3 is 2.84 bits per heavy atom. The smallest absolute Gasteiger partial charge is 0.234 e. The third-order valence-corrected chi connectivity index (χ3v) is 4.24. The van der Waals surface area contributed by atoms with Crippen molar-refractivity contribution in [3.8, 4) is 5.13 Å². The molecular weight excluding hydrogens is 264 g/mol. The quantitative estimate of drug-likeness (QED) is 0.878. The average molecular weight is 280 g/mol. The van der Waals surface area contributed by atoms with Crippen LogP contribution < -0.4 is 5.73 Å². The van der Waals surface area contributed by atoms with E-state index in [-0.39, 0.29) is 0 Å². The number of hydrogen-bond acceptors (Lipinski definition) is 7. The van der Waals surface area contributed by atoms with Crippen molar-refractivity contribution < 1.29 is 4.74 Å².